The van der Waals surface area contributed by atoms with Gasteiger partial charge in [0.1, 0.15) is 5.82 Å². The fourth-order valence-electron chi connectivity index (χ4n) is 3.13. The Morgan fingerprint density at radius 3 is 3.04 bits per heavy atom. The van der Waals surface area contributed by atoms with Gasteiger partial charge >= 0.3 is 0 Å². The van der Waals surface area contributed by atoms with Gasteiger partial charge in [-0.05, 0) is 25.2 Å². The highest BCUT2D eigenvalue weighted by molar-refractivity contribution is 5.77. The van der Waals surface area contributed by atoms with Crippen molar-refractivity contribution in [3.63, 3.8) is 0 Å². The van der Waals surface area contributed by atoms with Gasteiger partial charge in [0.15, 0.2) is 0 Å². The second kappa shape index (κ2) is 6.18. The van der Waals surface area contributed by atoms with Crippen LogP contribution in [0.1, 0.15) is 17.2 Å². The fraction of sp³-hybridized carbons (Fsp3) is 0.353. The van der Waals surface area contributed by atoms with Gasteiger partial charge in [0, 0.05) is 19.6 Å². The standard InChI is InChI=1S/C17H20N6O/c1-22(10-12-8-13-9-18-6-7-23(13)21-12)11-16-19-15-5-3-2-4-14(15)17(24)20-16/h2-5,8,18H,6-7,9-11H2,1H3,(H,19,20,24). The summed E-state index contributed by atoms with van der Waals surface area (Å²) in [5.41, 5.74) is 2.90. The number of aromatic nitrogens is 4. The molecular formula is C17H20N6O. The monoisotopic (exact) mass is 324 g/mol. The predicted molar refractivity (Wildman–Crippen MR) is 91.5 cm³/mol. The molecule has 2 aromatic heterocycles. The van der Waals surface area contributed by atoms with Crippen molar-refractivity contribution >= 4 is 10.9 Å². The lowest BCUT2D eigenvalue weighted by Gasteiger charge is -2.15. The van der Waals surface area contributed by atoms with E-state index in [9.17, 15) is 4.79 Å². The minimum atomic E-state index is -0.0902. The number of benzene rings is 1. The summed E-state index contributed by atoms with van der Waals surface area (Å²) >= 11 is 0. The van der Waals surface area contributed by atoms with Crippen LogP contribution >= 0.6 is 0 Å². The van der Waals surface area contributed by atoms with Crippen LogP contribution in [0.15, 0.2) is 35.1 Å². The maximum atomic E-state index is 12.1. The van der Waals surface area contributed by atoms with Gasteiger partial charge in [-0.1, -0.05) is 12.1 Å². The fourth-order valence-corrected chi connectivity index (χ4v) is 3.13. The molecule has 0 atom stereocenters. The Kier molecular flexibility index (Phi) is 3.87. The molecule has 3 aromatic rings. The predicted octanol–water partition coefficient (Wildman–Crippen LogP) is 0.855. The van der Waals surface area contributed by atoms with E-state index in [2.05, 4.69) is 36.0 Å². The maximum absolute atomic E-state index is 12.1. The molecule has 3 heterocycles. The molecule has 24 heavy (non-hydrogen) atoms. The average molecular weight is 324 g/mol. The number of nitrogens with one attached hydrogen (secondary N) is 2. The molecule has 1 aliphatic heterocycles. The smallest absolute Gasteiger partial charge is 0.258 e. The lowest BCUT2D eigenvalue weighted by atomic mass is 10.2. The average Bonchev–Trinajstić information content (AvgIpc) is 2.96. The van der Waals surface area contributed by atoms with E-state index in [-0.39, 0.29) is 5.56 Å². The van der Waals surface area contributed by atoms with Gasteiger partial charge in [-0.15, -0.1) is 0 Å². The molecule has 124 valence electrons. The van der Waals surface area contributed by atoms with Crippen LogP contribution in [0, 0.1) is 0 Å². The van der Waals surface area contributed by atoms with E-state index in [1.54, 1.807) is 6.07 Å². The molecule has 0 saturated carbocycles. The Labute approximate surface area is 139 Å². The molecule has 0 saturated heterocycles. The Bertz CT molecular complexity index is 905. The van der Waals surface area contributed by atoms with Crippen LogP contribution in [0.5, 0.6) is 0 Å². The Balaban J connectivity index is 1.50. The minimum absolute atomic E-state index is 0.0902. The summed E-state index contributed by atoms with van der Waals surface area (Å²) < 4.78 is 2.07. The van der Waals surface area contributed by atoms with E-state index in [4.69, 9.17) is 0 Å². The first kappa shape index (κ1) is 15.0. The summed E-state index contributed by atoms with van der Waals surface area (Å²) in [5.74, 6) is 0.673. The van der Waals surface area contributed by atoms with Gasteiger partial charge in [-0.3, -0.25) is 14.4 Å². The summed E-state index contributed by atoms with van der Waals surface area (Å²) in [4.78, 5) is 21.7. The van der Waals surface area contributed by atoms with E-state index in [0.29, 0.717) is 17.8 Å². The van der Waals surface area contributed by atoms with Gasteiger partial charge in [-0.25, -0.2) is 4.98 Å². The number of aromatic amines is 1. The van der Waals surface area contributed by atoms with Crippen molar-refractivity contribution in [2.24, 2.45) is 0 Å². The van der Waals surface area contributed by atoms with Crippen molar-refractivity contribution in [3.8, 4) is 0 Å². The van der Waals surface area contributed by atoms with Crippen molar-refractivity contribution in [1.82, 2.24) is 30.0 Å². The summed E-state index contributed by atoms with van der Waals surface area (Å²) in [6.45, 7) is 4.04. The second-order valence-electron chi connectivity index (χ2n) is 6.23. The van der Waals surface area contributed by atoms with Crippen molar-refractivity contribution < 1.29 is 0 Å². The summed E-state index contributed by atoms with van der Waals surface area (Å²) in [5, 5.41) is 8.61. The van der Waals surface area contributed by atoms with E-state index < -0.39 is 0 Å². The van der Waals surface area contributed by atoms with E-state index in [1.807, 2.05) is 25.2 Å². The molecule has 0 fully saturated rings. The van der Waals surface area contributed by atoms with E-state index >= 15 is 0 Å². The largest absolute Gasteiger partial charge is 0.309 e. The first-order valence-corrected chi connectivity index (χ1v) is 8.12. The van der Waals surface area contributed by atoms with Crippen LogP contribution in [0.25, 0.3) is 10.9 Å². The Morgan fingerprint density at radius 2 is 2.17 bits per heavy atom. The third kappa shape index (κ3) is 2.95. The zero-order chi connectivity index (χ0) is 16.5. The van der Waals surface area contributed by atoms with Crippen LogP contribution in [-0.4, -0.2) is 38.2 Å². The third-order valence-corrected chi connectivity index (χ3v) is 4.23. The van der Waals surface area contributed by atoms with E-state index in [1.165, 1.54) is 5.69 Å². The molecule has 0 amide bonds. The lowest BCUT2D eigenvalue weighted by Crippen LogP contribution is -2.28. The SMILES string of the molecule is CN(Cc1cc2n(n1)CCNC2)Cc1nc2ccccc2c(=O)[nH]1. The summed E-state index contributed by atoms with van der Waals surface area (Å²) in [7, 11) is 2.01. The summed E-state index contributed by atoms with van der Waals surface area (Å²) in [6.07, 6.45) is 0. The van der Waals surface area contributed by atoms with Crippen molar-refractivity contribution in [2.75, 3.05) is 13.6 Å². The van der Waals surface area contributed by atoms with Crippen molar-refractivity contribution in [3.05, 3.63) is 57.9 Å². The molecular weight excluding hydrogens is 304 g/mol. The molecule has 1 aromatic carbocycles. The Hall–Kier alpha value is -2.51. The minimum Gasteiger partial charge on any atom is -0.309 e. The second-order valence-corrected chi connectivity index (χ2v) is 6.23. The van der Waals surface area contributed by atoms with Crippen LogP contribution in [0.4, 0.5) is 0 Å². The first-order chi connectivity index (χ1) is 11.7. The zero-order valence-electron chi connectivity index (χ0n) is 13.6. The van der Waals surface area contributed by atoms with Crippen molar-refractivity contribution in [1.29, 1.82) is 0 Å². The van der Waals surface area contributed by atoms with Gasteiger partial charge < -0.3 is 10.3 Å². The molecule has 0 bridgehead atoms. The number of H-pyrrole nitrogens is 1. The molecule has 0 radical (unpaired) electrons. The molecule has 7 heteroatoms. The van der Waals surface area contributed by atoms with Gasteiger partial charge in [0.05, 0.1) is 35.4 Å². The van der Waals surface area contributed by atoms with Gasteiger partial charge in [0.2, 0.25) is 0 Å². The van der Waals surface area contributed by atoms with Gasteiger partial charge in [-0.2, -0.15) is 5.10 Å². The molecule has 2 N–H and O–H groups in total. The number of hydrogen-bond acceptors (Lipinski definition) is 5. The number of fused-ring (bicyclic) bond motifs is 2. The lowest BCUT2D eigenvalue weighted by molar-refractivity contribution is 0.305. The van der Waals surface area contributed by atoms with Crippen LogP contribution in [-0.2, 0) is 26.2 Å². The van der Waals surface area contributed by atoms with Crippen LogP contribution in [0.2, 0.25) is 0 Å². The highest BCUT2D eigenvalue weighted by Gasteiger charge is 2.13. The quantitative estimate of drug-likeness (QED) is 0.744. The van der Waals surface area contributed by atoms with Crippen molar-refractivity contribution in [2.45, 2.75) is 26.2 Å². The Morgan fingerprint density at radius 1 is 1.29 bits per heavy atom. The van der Waals surface area contributed by atoms with Crippen LogP contribution in [0.3, 0.4) is 0 Å². The number of hydrogen-bond donors (Lipinski definition) is 2. The normalized spacial score (nSPS) is 14.2. The van der Waals surface area contributed by atoms with Crippen LogP contribution < -0.4 is 10.9 Å². The summed E-state index contributed by atoms with van der Waals surface area (Å²) in [6, 6.07) is 9.54. The number of rotatable bonds is 4. The maximum Gasteiger partial charge on any atom is 0.258 e. The molecule has 0 aliphatic carbocycles. The highest BCUT2D eigenvalue weighted by atomic mass is 16.1. The molecule has 0 unspecified atom stereocenters. The molecule has 1 aliphatic rings. The molecule has 7 nitrogen and oxygen atoms in total. The zero-order valence-corrected chi connectivity index (χ0v) is 13.6. The number of nitrogens with zero attached hydrogens (tertiary/aromatic N) is 4. The number of para-hydroxylation sites is 1. The van der Waals surface area contributed by atoms with Gasteiger partial charge in [0.25, 0.3) is 5.56 Å². The molecule has 0 spiro atoms. The highest BCUT2D eigenvalue weighted by Crippen LogP contribution is 2.11. The van der Waals surface area contributed by atoms with E-state index in [0.717, 1.165) is 37.4 Å². The first-order valence-electron chi connectivity index (χ1n) is 8.12. The topological polar surface area (TPSA) is 78.8 Å². The molecule has 4 rings (SSSR count). The third-order valence-electron chi connectivity index (χ3n) is 4.23.